The van der Waals surface area contributed by atoms with Crippen molar-refractivity contribution in [1.82, 2.24) is 4.98 Å². The van der Waals surface area contributed by atoms with E-state index in [2.05, 4.69) is 15.5 Å². The van der Waals surface area contributed by atoms with E-state index in [1.165, 1.54) is 12.3 Å². The highest BCUT2D eigenvalue weighted by atomic mass is 19.1. The average Bonchev–Trinajstić information content (AvgIpc) is 2.49. The molecule has 0 aliphatic heterocycles. The molecule has 0 aliphatic rings. The summed E-state index contributed by atoms with van der Waals surface area (Å²) >= 11 is 0. The highest BCUT2D eigenvalue weighted by Crippen LogP contribution is 2.20. The van der Waals surface area contributed by atoms with E-state index < -0.39 is 0 Å². The molecule has 0 bridgehead atoms. The predicted molar refractivity (Wildman–Crippen MR) is 79.4 cm³/mol. The summed E-state index contributed by atoms with van der Waals surface area (Å²) in [5.74, 6) is -0.297. The molecule has 3 nitrogen and oxygen atoms in total. The molecule has 0 saturated carbocycles. The summed E-state index contributed by atoms with van der Waals surface area (Å²) in [6.45, 7) is 0. The summed E-state index contributed by atoms with van der Waals surface area (Å²) in [5.41, 5.74) is 4.96. The molecule has 0 unspecified atom stereocenters. The van der Waals surface area contributed by atoms with E-state index in [1.807, 2.05) is 30.3 Å². The number of nitrogens with zero attached hydrogens (tertiary/aromatic N) is 2. The minimum atomic E-state index is -0.297. The van der Waals surface area contributed by atoms with Crippen LogP contribution >= 0.6 is 0 Å². The van der Waals surface area contributed by atoms with Crippen LogP contribution in [0.3, 0.4) is 0 Å². The van der Waals surface area contributed by atoms with Crippen LogP contribution in [0.2, 0.25) is 0 Å². The first-order valence-corrected chi connectivity index (χ1v) is 6.22. The Bertz CT molecular complexity index is 763. The van der Waals surface area contributed by atoms with Crippen LogP contribution in [0.4, 0.5) is 10.1 Å². The van der Waals surface area contributed by atoms with E-state index in [1.54, 1.807) is 24.4 Å². The summed E-state index contributed by atoms with van der Waals surface area (Å²) < 4.78 is 13.4. The van der Waals surface area contributed by atoms with E-state index >= 15 is 0 Å². The molecule has 1 heterocycles. The van der Waals surface area contributed by atoms with Crippen molar-refractivity contribution in [3.63, 3.8) is 0 Å². The van der Waals surface area contributed by atoms with Crippen molar-refractivity contribution in [2.24, 2.45) is 5.10 Å². The average molecular weight is 265 g/mol. The molecular formula is C16H12FN3. The first kappa shape index (κ1) is 12.3. The summed E-state index contributed by atoms with van der Waals surface area (Å²) in [5, 5.41) is 5.09. The lowest BCUT2D eigenvalue weighted by molar-refractivity contribution is 0.626. The molecular weight excluding hydrogens is 253 g/mol. The zero-order valence-electron chi connectivity index (χ0n) is 10.6. The van der Waals surface area contributed by atoms with Crippen molar-refractivity contribution in [2.45, 2.75) is 0 Å². The number of pyridine rings is 1. The minimum Gasteiger partial charge on any atom is -0.276 e. The van der Waals surface area contributed by atoms with Gasteiger partial charge in [0.2, 0.25) is 0 Å². The lowest BCUT2D eigenvalue weighted by Crippen LogP contribution is -1.94. The molecule has 0 spiro atoms. The molecule has 3 rings (SSSR count). The van der Waals surface area contributed by atoms with Gasteiger partial charge in [-0.1, -0.05) is 36.4 Å². The molecule has 1 aromatic heterocycles. The zero-order valence-corrected chi connectivity index (χ0v) is 10.6. The number of halogens is 1. The van der Waals surface area contributed by atoms with Gasteiger partial charge in [0.1, 0.15) is 5.82 Å². The predicted octanol–water partition coefficient (Wildman–Crippen LogP) is 3.82. The topological polar surface area (TPSA) is 37.3 Å². The van der Waals surface area contributed by atoms with Crippen LogP contribution in [-0.4, -0.2) is 11.2 Å². The number of aromatic nitrogens is 1. The maximum absolute atomic E-state index is 13.4. The Labute approximate surface area is 115 Å². The molecule has 0 amide bonds. The van der Waals surface area contributed by atoms with Crippen LogP contribution < -0.4 is 5.43 Å². The highest BCUT2D eigenvalue weighted by Gasteiger charge is 2.00. The summed E-state index contributed by atoms with van der Waals surface area (Å²) in [6, 6.07) is 16.1. The minimum absolute atomic E-state index is 0.297. The van der Waals surface area contributed by atoms with E-state index in [9.17, 15) is 4.39 Å². The molecule has 0 atom stereocenters. The van der Waals surface area contributed by atoms with Crippen molar-refractivity contribution >= 4 is 22.8 Å². The highest BCUT2D eigenvalue weighted by molar-refractivity contribution is 5.90. The van der Waals surface area contributed by atoms with Crippen molar-refractivity contribution < 1.29 is 4.39 Å². The number of para-hydroxylation sites is 1. The standard InChI is InChI=1S/C16H12FN3/c17-14-8-2-1-5-13(14)11-19-20-15-9-3-6-12-7-4-10-18-16(12)15/h1-11,20H. The van der Waals surface area contributed by atoms with Gasteiger partial charge in [0, 0.05) is 17.1 Å². The summed E-state index contributed by atoms with van der Waals surface area (Å²) in [4.78, 5) is 4.31. The first-order valence-electron chi connectivity index (χ1n) is 6.22. The SMILES string of the molecule is Fc1ccccc1C=NNc1cccc2cccnc12. The monoisotopic (exact) mass is 265 g/mol. The summed E-state index contributed by atoms with van der Waals surface area (Å²) in [7, 11) is 0. The van der Waals surface area contributed by atoms with Crippen molar-refractivity contribution in [3.8, 4) is 0 Å². The van der Waals surface area contributed by atoms with E-state index in [4.69, 9.17) is 0 Å². The van der Waals surface area contributed by atoms with Gasteiger partial charge in [-0.25, -0.2) is 4.39 Å². The van der Waals surface area contributed by atoms with Gasteiger partial charge in [-0.05, 0) is 18.2 Å². The van der Waals surface area contributed by atoms with Crippen LogP contribution in [0.5, 0.6) is 0 Å². The third-order valence-corrected chi connectivity index (χ3v) is 2.93. The van der Waals surface area contributed by atoms with Gasteiger partial charge in [0.25, 0.3) is 0 Å². The maximum atomic E-state index is 13.4. The lowest BCUT2D eigenvalue weighted by Gasteiger charge is -2.04. The van der Waals surface area contributed by atoms with Crippen molar-refractivity contribution in [2.75, 3.05) is 5.43 Å². The van der Waals surface area contributed by atoms with Crippen LogP contribution in [0.15, 0.2) is 65.9 Å². The second-order valence-electron chi connectivity index (χ2n) is 4.27. The molecule has 2 aromatic carbocycles. The number of nitrogens with one attached hydrogen (secondary N) is 1. The van der Waals surface area contributed by atoms with E-state index in [-0.39, 0.29) is 5.82 Å². The van der Waals surface area contributed by atoms with E-state index in [0.29, 0.717) is 5.56 Å². The van der Waals surface area contributed by atoms with Crippen LogP contribution in [0, 0.1) is 5.82 Å². The van der Waals surface area contributed by atoms with Gasteiger partial charge in [-0.15, -0.1) is 0 Å². The van der Waals surface area contributed by atoms with E-state index in [0.717, 1.165) is 16.6 Å². The molecule has 0 fully saturated rings. The Balaban J connectivity index is 1.86. The normalized spacial score (nSPS) is 11.1. The summed E-state index contributed by atoms with van der Waals surface area (Å²) in [6.07, 6.45) is 3.19. The number of hydrazone groups is 1. The fourth-order valence-electron chi connectivity index (χ4n) is 1.95. The fraction of sp³-hybridized carbons (Fsp3) is 0. The largest absolute Gasteiger partial charge is 0.276 e. The molecule has 4 heteroatoms. The Morgan fingerprint density at radius 1 is 1.00 bits per heavy atom. The molecule has 0 radical (unpaired) electrons. The zero-order chi connectivity index (χ0) is 13.8. The molecule has 1 N–H and O–H groups in total. The van der Waals surface area contributed by atoms with Gasteiger partial charge < -0.3 is 0 Å². The third kappa shape index (κ3) is 2.49. The molecule has 20 heavy (non-hydrogen) atoms. The van der Waals surface area contributed by atoms with Gasteiger partial charge in [-0.3, -0.25) is 10.4 Å². The van der Waals surface area contributed by atoms with Crippen molar-refractivity contribution in [1.29, 1.82) is 0 Å². The maximum Gasteiger partial charge on any atom is 0.132 e. The number of rotatable bonds is 3. The van der Waals surface area contributed by atoms with Gasteiger partial charge in [-0.2, -0.15) is 5.10 Å². The van der Waals surface area contributed by atoms with Crippen LogP contribution in [0.1, 0.15) is 5.56 Å². The Kier molecular flexibility index (Phi) is 3.37. The molecule has 3 aromatic rings. The second-order valence-corrected chi connectivity index (χ2v) is 4.27. The molecule has 98 valence electrons. The Morgan fingerprint density at radius 3 is 2.75 bits per heavy atom. The number of anilines is 1. The number of benzene rings is 2. The van der Waals surface area contributed by atoms with Gasteiger partial charge in [0.15, 0.2) is 0 Å². The van der Waals surface area contributed by atoms with Crippen molar-refractivity contribution in [3.05, 3.63) is 72.2 Å². The van der Waals surface area contributed by atoms with Crippen LogP contribution in [-0.2, 0) is 0 Å². The third-order valence-electron chi connectivity index (χ3n) is 2.93. The first-order chi connectivity index (χ1) is 9.84. The number of fused-ring (bicyclic) bond motifs is 1. The van der Waals surface area contributed by atoms with Gasteiger partial charge in [0.05, 0.1) is 17.4 Å². The molecule has 0 saturated heterocycles. The van der Waals surface area contributed by atoms with Gasteiger partial charge >= 0.3 is 0 Å². The second kappa shape index (κ2) is 5.48. The lowest BCUT2D eigenvalue weighted by atomic mass is 10.2. The number of hydrogen-bond acceptors (Lipinski definition) is 3. The quantitative estimate of drug-likeness (QED) is 0.577. The Morgan fingerprint density at radius 2 is 1.85 bits per heavy atom. The Hall–Kier alpha value is -2.75. The molecule has 0 aliphatic carbocycles. The number of hydrogen-bond donors (Lipinski definition) is 1. The smallest absolute Gasteiger partial charge is 0.132 e. The fourth-order valence-corrected chi connectivity index (χ4v) is 1.95. The van der Waals surface area contributed by atoms with Crippen LogP contribution in [0.25, 0.3) is 10.9 Å².